The van der Waals surface area contributed by atoms with E-state index < -0.39 is 0 Å². The Kier molecular flexibility index (Phi) is 4.11. The number of anilines is 2. The Morgan fingerprint density at radius 1 is 1.47 bits per heavy atom. The van der Waals surface area contributed by atoms with Gasteiger partial charge in [-0.15, -0.1) is 0 Å². The van der Waals surface area contributed by atoms with Crippen molar-refractivity contribution in [3.8, 4) is 0 Å². The fourth-order valence-electron chi connectivity index (χ4n) is 1.31. The molecule has 0 amide bonds. The molecule has 0 saturated carbocycles. The van der Waals surface area contributed by atoms with Crippen molar-refractivity contribution in [1.82, 2.24) is 9.97 Å². The van der Waals surface area contributed by atoms with Gasteiger partial charge in [0.25, 0.3) is 0 Å². The minimum atomic E-state index is 0.0496. The van der Waals surface area contributed by atoms with E-state index in [1.807, 2.05) is 11.8 Å². The molecule has 0 atom stereocenters. The third-order valence-corrected chi connectivity index (χ3v) is 2.31. The number of nitrogens with zero attached hydrogens (tertiary/aromatic N) is 3. The lowest BCUT2D eigenvalue weighted by atomic mass is 10.3. The van der Waals surface area contributed by atoms with Crippen LogP contribution in [0.25, 0.3) is 0 Å². The van der Waals surface area contributed by atoms with E-state index in [0.29, 0.717) is 30.3 Å². The summed E-state index contributed by atoms with van der Waals surface area (Å²) in [5.74, 6) is 0.587. The van der Waals surface area contributed by atoms with E-state index >= 15 is 0 Å². The molecule has 3 N–H and O–H groups in total. The fourth-order valence-corrected chi connectivity index (χ4v) is 1.52. The number of likely N-dealkylation sites (N-methyl/N-ethyl adjacent to an activating group) is 1. The van der Waals surface area contributed by atoms with Crippen LogP contribution in [0.5, 0.6) is 0 Å². The molecule has 0 aromatic carbocycles. The first kappa shape index (κ1) is 12.0. The van der Waals surface area contributed by atoms with Gasteiger partial charge in [-0.05, 0) is 25.4 Å². The molecule has 0 aliphatic carbocycles. The molecule has 1 aromatic rings. The number of nitrogens with two attached hydrogens (primary N) is 1. The van der Waals surface area contributed by atoms with Gasteiger partial charge in [0.1, 0.15) is 0 Å². The van der Waals surface area contributed by atoms with Crippen molar-refractivity contribution < 1.29 is 5.11 Å². The number of hydrogen-bond donors (Lipinski definition) is 2. The molecular weight excluding hydrogens is 216 g/mol. The minimum Gasteiger partial charge on any atom is -0.395 e. The summed E-state index contributed by atoms with van der Waals surface area (Å²) in [6.45, 7) is 4.97. The molecule has 0 bridgehead atoms. The smallest absolute Gasteiger partial charge is 0.224 e. The first-order chi connectivity index (χ1) is 7.10. The molecule has 1 rings (SSSR count). The Morgan fingerprint density at radius 3 is 2.67 bits per heavy atom. The Morgan fingerprint density at radius 2 is 2.13 bits per heavy atom. The van der Waals surface area contributed by atoms with Crippen LogP contribution in [0.3, 0.4) is 0 Å². The molecule has 0 radical (unpaired) electrons. The molecule has 5 nitrogen and oxygen atoms in total. The van der Waals surface area contributed by atoms with E-state index in [-0.39, 0.29) is 11.9 Å². The number of halogens is 1. The van der Waals surface area contributed by atoms with Gasteiger partial charge < -0.3 is 15.7 Å². The normalized spacial score (nSPS) is 10.4. The number of rotatable bonds is 4. The van der Waals surface area contributed by atoms with Gasteiger partial charge in [0, 0.05) is 13.1 Å². The van der Waals surface area contributed by atoms with E-state index in [0.717, 1.165) is 0 Å². The highest BCUT2D eigenvalue weighted by Crippen LogP contribution is 2.24. The topological polar surface area (TPSA) is 75.3 Å². The zero-order valence-corrected chi connectivity index (χ0v) is 9.62. The van der Waals surface area contributed by atoms with Gasteiger partial charge in [-0.2, -0.15) is 4.98 Å². The summed E-state index contributed by atoms with van der Waals surface area (Å²) in [5.41, 5.74) is 7.01. The monoisotopic (exact) mass is 230 g/mol. The Hall–Kier alpha value is -1.07. The second-order valence-electron chi connectivity index (χ2n) is 3.12. The molecule has 1 aromatic heterocycles. The fraction of sp³-hybridized carbons (Fsp3) is 0.556. The van der Waals surface area contributed by atoms with E-state index in [1.165, 1.54) is 0 Å². The summed E-state index contributed by atoms with van der Waals surface area (Å²) in [6, 6.07) is 0. The molecule has 0 fully saturated rings. The van der Waals surface area contributed by atoms with Crippen LogP contribution >= 0.6 is 11.6 Å². The van der Waals surface area contributed by atoms with Crippen molar-refractivity contribution in [2.24, 2.45) is 0 Å². The molecule has 0 unspecified atom stereocenters. The predicted octanol–water partition coefficient (Wildman–Crippen LogP) is 0.839. The molecule has 0 spiro atoms. The lowest BCUT2D eigenvalue weighted by Crippen LogP contribution is -2.28. The molecule has 0 aliphatic rings. The maximum absolute atomic E-state index is 8.90. The first-order valence-electron chi connectivity index (χ1n) is 4.75. The lowest BCUT2D eigenvalue weighted by Gasteiger charge is -2.22. The third kappa shape index (κ3) is 2.70. The standard InChI is InChI=1S/C9H15ClN4O/c1-3-14(4-5-15)8-7(11)6(2)12-9(10)13-8/h15H,3-5,11H2,1-2H3. The van der Waals surface area contributed by atoms with Crippen LogP contribution in [0.4, 0.5) is 11.5 Å². The lowest BCUT2D eigenvalue weighted by molar-refractivity contribution is 0.302. The van der Waals surface area contributed by atoms with Crippen LogP contribution in [0, 0.1) is 6.92 Å². The zero-order valence-electron chi connectivity index (χ0n) is 8.87. The molecule has 6 heteroatoms. The number of hydrogen-bond acceptors (Lipinski definition) is 5. The van der Waals surface area contributed by atoms with Crippen LogP contribution in [0.15, 0.2) is 0 Å². The van der Waals surface area contributed by atoms with Crippen molar-refractivity contribution in [2.45, 2.75) is 13.8 Å². The summed E-state index contributed by atoms with van der Waals surface area (Å²) in [4.78, 5) is 9.88. The maximum Gasteiger partial charge on any atom is 0.224 e. The highest BCUT2D eigenvalue weighted by molar-refractivity contribution is 6.28. The Bertz CT molecular complexity index is 345. The van der Waals surface area contributed by atoms with Crippen molar-refractivity contribution in [3.63, 3.8) is 0 Å². The Labute approximate surface area is 93.9 Å². The van der Waals surface area contributed by atoms with E-state index in [4.69, 9.17) is 22.4 Å². The van der Waals surface area contributed by atoms with Gasteiger partial charge in [-0.25, -0.2) is 4.98 Å². The minimum absolute atomic E-state index is 0.0496. The van der Waals surface area contributed by atoms with Gasteiger partial charge in [0.05, 0.1) is 18.0 Å². The van der Waals surface area contributed by atoms with Gasteiger partial charge in [-0.3, -0.25) is 0 Å². The number of aliphatic hydroxyl groups is 1. The predicted molar refractivity (Wildman–Crippen MR) is 61.2 cm³/mol. The van der Waals surface area contributed by atoms with E-state index in [9.17, 15) is 0 Å². The van der Waals surface area contributed by atoms with Gasteiger partial charge in [0.2, 0.25) is 5.28 Å². The van der Waals surface area contributed by atoms with Crippen molar-refractivity contribution in [1.29, 1.82) is 0 Å². The van der Waals surface area contributed by atoms with Crippen LogP contribution in [-0.4, -0.2) is 34.8 Å². The van der Waals surface area contributed by atoms with Crippen molar-refractivity contribution in [2.75, 3.05) is 30.3 Å². The summed E-state index contributed by atoms with van der Waals surface area (Å²) < 4.78 is 0. The maximum atomic E-state index is 8.90. The molecule has 0 aliphatic heterocycles. The number of aryl methyl sites for hydroxylation is 1. The molecule has 1 heterocycles. The summed E-state index contributed by atoms with van der Waals surface area (Å²) in [6.07, 6.45) is 0. The molecule has 15 heavy (non-hydrogen) atoms. The first-order valence-corrected chi connectivity index (χ1v) is 5.13. The number of aromatic nitrogens is 2. The van der Waals surface area contributed by atoms with Crippen molar-refractivity contribution in [3.05, 3.63) is 11.0 Å². The largest absolute Gasteiger partial charge is 0.395 e. The van der Waals surface area contributed by atoms with Crippen molar-refractivity contribution >= 4 is 23.1 Å². The van der Waals surface area contributed by atoms with Crippen LogP contribution < -0.4 is 10.6 Å². The van der Waals surface area contributed by atoms with E-state index in [2.05, 4.69) is 9.97 Å². The second kappa shape index (κ2) is 5.14. The molecule has 0 saturated heterocycles. The average Bonchev–Trinajstić information content (AvgIpc) is 2.20. The molecule has 84 valence electrons. The number of aliphatic hydroxyl groups excluding tert-OH is 1. The second-order valence-corrected chi connectivity index (χ2v) is 3.46. The summed E-state index contributed by atoms with van der Waals surface area (Å²) in [7, 11) is 0. The molecular formula is C9H15ClN4O. The summed E-state index contributed by atoms with van der Waals surface area (Å²) in [5, 5.41) is 9.07. The van der Waals surface area contributed by atoms with Gasteiger partial charge >= 0.3 is 0 Å². The number of nitrogen functional groups attached to an aromatic ring is 1. The Balaban J connectivity index is 3.10. The third-order valence-electron chi connectivity index (χ3n) is 2.14. The quantitative estimate of drug-likeness (QED) is 0.750. The van der Waals surface area contributed by atoms with E-state index in [1.54, 1.807) is 6.92 Å². The van der Waals surface area contributed by atoms with Crippen LogP contribution in [0.1, 0.15) is 12.6 Å². The summed E-state index contributed by atoms with van der Waals surface area (Å²) >= 11 is 5.76. The van der Waals surface area contributed by atoms with Crippen LogP contribution in [0.2, 0.25) is 5.28 Å². The average molecular weight is 231 g/mol. The van der Waals surface area contributed by atoms with Gasteiger partial charge in [0.15, 0.2) is 5.82 Å². The zero-order chi connectivity index (χ0) is 11.4. The SMILES string of the molecule is CCN(CCO)c1nc(Cl)nc(C)c1N. The van der Waals surface area contributed by atoms with Crippen LogP contribution in [-0.2, 0) is 0 Å². The highest BCUT2D eigenvalue weighted by atomic mass is 35.5. The highest BCUT2D eigenvalue weighted by Gasteiger charge is 2.13. The van der Waals surface area contributed by atoms with Gasteiger partial charge in [-0.1, -0.05) is 0 Å².